The van der Waals surface area contributed by atoms with Gasteiger partial charge in [-0.05, 0) is 37.7 Å². The van der Waals surface area contributed by atoms with Crippen LogP contribution in [0.1, 0.15) is 6.42 Å². The summed E-state index contributed by atoms with van der Waals surface area (Å²) >= 11 is 0. The van der Waals surface area contributed by atoms with Crippen LogP contribution >= 0.6 is 0 Å². The second kappa shape index (κ2) is 6.78. The smallest absolute Gasteiger partial charge is 0.119 e. The molecule has 106 valence electrons. The highest BCUT2D eigenvalue weighted by atomic mass is 16.5. The molecule has 0 spiro atoms. The molecule has 0 amide bonds. The maximum Gasteiger partial charge on any atom is 0.119 e. The van der Waals surface area contributed by atoms with Crippen LogP contribution in [0.4, 0.5) is 5.69 Å². The van der Waals surface area contributed by atoms with Crippen LogP contribution in [0.25, 0.3) is 0 Å². The average Bonchev–Trinajstić information content (AvgIpc) is 2.98. The SMILES string of the molecule is CNC(CN(C)c1ccc(OC)cc1)C1CCOC1. The van der Waals surface area contributed by atoms with Crippen LogP contribution in [0.3, 0.4) is 0 Å². The van der Waals surface area contributed by atoms with Crippen molar-refractivity contribution in [3.8, 4) is 5.75 Å². The van der Waals surface area contributed by atoms with Gasteiger partial charge in [0.15, 0.2) is 0 Å². The van der Waals surface area contributed by atoms with Crippen molar-refractivity contribution >= 4 is 5.69 Å². The van der Waals surface area contributed by atoms with Crippen LogP contribution < -0.4 is 15.0 Å². The lowest BCUT2D eigenvalue weighted by molar-refractivity contribution is 0.178. The van der Waals surface area contributed by atoms with Crippen LogP contribution in [0.2, 0.25) is 0 Å². The van der Waals surface area contributed by atoms with E-state index in [1.165, 1.54) is 5.69 Å². The minimum absolute atomic E-state index is 0.467. The molecule has 4 heteroatoms. The quantitative estimate of drug-likeness (QED) is 0.849. The molecule has 1 aliphatic rings. The van der Waals surface area contributed by atoms with E-state index in [0.29, 0.717) is 12.0 Å². The van der Waals surface area contributed by atoms with Gasteiger partial charge >= 0.3 is 0 Å². The zero-order valence-corrected chi connectivity index (χ0v) is 12.1. The Hall–Kier alpha value is -1.26. The van der Waals surface area contributed by atoms with Crippen molar-refractivity contribution < 1.29 is 9.47 Å². The monoisotopic (exact) mass is 264 g/mol. The Bertz CT molecular complexity index is 374. The standard InChI is InChI=1S/C15H24N2O2/c1-16-15(12-8-9-19-11-12)10-17(2)13-4-6-14(18-3)7-5-13/h4-7,12,15-16H,8-11H2,1-3H3. The topological polar surface area (TPSA) is 33.7 Å². The summed E-state index contributed by atoms with van der Waals surface area (Å²) in [7, 11) is 5.85. The Morgan fingerprint density at radius 1 is 1.42 bits per heavy atom. The third-order valence-corrected chi connectivity index (χ3v) is 3.89. The van der Waals surface area contributed by atoms with Gasteiger partial charge in [-0.25, -0.2) is 0 Å². The number of nitrogens with one attached hydrogen (secondary N) is 1. The van der Waals surface area contributed by atoms with Gasteiger partial charge in [0.1, 0.15) is 5.75 Å². The number of nitrogens with zero attached hydrogens (tertiary/aromatic N) is 1. The molecule has 1 aromatic rings. The van der Waals surface area contributed by atoms with E-state index in [-0.39, 0.29) is 0 Å². The molecular formula is C15H24N2O2. The van der Waals surface area contributed by atoms with Crippen LogP contribution in [0.15, 0.2) is 24.3 Å². The third kappa shape index (κ3) is 3.61. The van der Waals surface area contributed by atoms with Crippen molar-refractivity contribution in [1.82, 2.24) is 5.32 Å². The maximum absolute atomic E-state index is 5.48. The van der Waals surface area contributed by atoms with E-state index >= 15 is 0 Å². The van der Waals surface area contributed by atoms with Crippen molar-refractivity contribution in [2.24, 2.45) is 5.92 Å². The first-order valence-corrected chi connectivity index (χ1v) is 6.84. The Morgan fingerprint density at radius 2 is 2.16 bits per heavy atom. The molecule has 1 saturated heterocycles. The fraction of sp³-hybridized carbons (Fsp3) is 0.600. The second-order valence-electron chi connectivity index (χ2n) is 5.10. The third-order valence-electron chi connectivity index (χ3n) is 3.89. The van der Waals surface area contributed by atoms with Gasteiger partial charge in [0.2, 0.25) is 0 Å². The fourth-order valence-electron chi connectivity index (χ4n) is 2.58. The predicted molar refractivity (Wildman–Crippen MR) is 78.0 cm³/mol. The van der Waals surface area contributed by atoms with Crippen molar-refractivity contribution in [2.75, 3.05) is 45.9 Å². The molecule has 0 saturated carbocycles. The van der Waals surface area contributed by atoms with Gasteiger partial charge in [0.25, 0.3) is 0 Å². The number of ether oxygens (including phenoxy) is 2. The van der Waals surface area contributed by atoms with Gasteiger partial charge in [-0.1, -0.05) is 0 Å². The summed E-state index contributed by atoms with van der Waals surface area (Å²) in [6, 6.07) is 8.65. The fourth-order valence-corrected chi connectivity index (χ4v) is 2.58. The summed E-state index contributed by atoms with van der Waals surface area (Å²) in [5, 5.41) is 3.42. The van der Waals surface area contributed by atoms with Gasteiger partial charge < -0.3 is 19.7 Å². The molecule has 2 rings (SSSR count). The summed E-state index contributed by atoms with van der Waals surface area (Å²) in [6.07, 6.45) is 1.15. The van der Waals surface area contributed by atoms with Gasteiger partial charge in [-0.3, -0.25) is 0 Å². The van der Waals surface area contributed by atoms with Gasteiger partial charge in [-0.15, -0.1) is 0 Å². The molecule has 0 aliphatic carbocycles. The lowest BCUT2D eigenvalue weighted by Gasteiger charge is -2.29. The van der Waals surface area contributed by atoms with E-state index in [1.807, 2.05) is 19.2 Å². The molecule has 1 N–H and O–H groups in total. The summed E-state index contributed by atoms with van der Waals surface area (Å²) in [5.41, 5.74) is 1.21. The molecule has 0 aromatic heterocycles. The van der Waals surface area contributed by atoms with Crippen molar-refractivity contribution in [3.63, 3.8) is 0 Å². The molecular weight excluding hydrogens is 240 g/mol. The summed E-state index contributed by atoms with van der Waals surface area (Å²) in [5.74, 6) is 1.51. The molecule has 1 fully saturated rings. The second-order valence-corrected chi connectivity index (χ2v) is 5.10. The molecule has 0 radical (unpaired) electrons. The molecule has 2 atom stereocenters. The van der Waals surface area contributed by atoms with Crippen molar-refractivity contribution in [2.45, 2.75) is 12.5 Å². The van der Waals surface area contributed by atoms with Crippen LogP contribution in [0, 0.1) is 5.92 Å². The molecule has 1 aromatic carbocycles. The minimum atomic E-state index is 0.467. The number of hydrogen-bond acceptors (Lipinski definition) is 4. The molecule has 0 bridgehead atoms. The number of rotatable bonds is 6. The number of hydrogen-bond donors (Lipinski definition) is 1. The average molecular weight is 264 g/mol. The van der Waals surface area contributed by atoms with E-state index in [1.54, 1.807) is 7.11 Å². The summed E-state index contributed by atoms with van der Waals surface area (Å²) < 4.78 is 10.7. The van der Waals surface area contributed by atoms with Crippen LogP contribution in [0.5, 0.6) is 5.75 Å². The highest BCUT2D eigenvalue weighted by Crippen LogP contribution is 2.21. The lowest BCUT2D eigenvalue weighted by atomic mass is 9.98. The van der Waals surface area contributed by atoms with Gasteiger partial charge in [-0.2, -0.15) is 0 Å². The Balaban J connectivity index is 1.95. The molecule has 4 nitrogen and oxygen atoms in total. The van der Waals surface area contributed by atoms with E-state index < -0.39 is 0 Å². The first-order chi connectivity index (χ1) is 9.24. The largest absolute Gasteiger partial charge is 0.497 e. The van der Waals surface area contributed by atoms with Crippen LogP contribution in [-0.4, -0.2) is 47.0 Å². The highest BCUT2D eigenvalue weighted by molar-refractivity contribution is 5.48. The van der Waals surface area contributed by atoms with E-state index in [2.05, 4.69) is 29.4 Å². The highest BCUT2D eigenvalue weighted by Gasteiger charge is 2.25. The van der Waals surface area contributed by atoms with E-state index in [0.717, 1.165) is 31.9 Å². The summed E-state index contributed by atoms with van der Waals surface area (Å²) in [4.78, 5) is 2.28. The Morgan fingerprint density at radius 3 is 2.68 bits per heavy atom. The molecule has 2 unspecified atom stereocenters. The maximum atomic E-state index is 5.48. The van der Waals surface area contributed by atoms with Crippen molar-refractivity contribution in [3.05, 3.63) is 24.3 Å². The molecule has 19 heavy (non-hydrogen) atoms. The zero-order chi connectivity index (χ0) is 13.7. The first kappa shape index (κ1) is 14.2. The molecule has 1 heterocycles. The molecule has 1 aliphatic heterocycles. The van der Waals surface area contributed by atoms with Gasteiger partial charge in [0.05, 0.1) is 13.7 Å². The van der Waals surface area contributed by atoms with Gasteiger partial charge in [0, 0.05) is 37.8 Å². The van der Waals surface area contributed by atoms with E-state index in [4.69, 9.17) is 9.47 Å². The van der Waals surface area contributed by atoms with E-state index in [9.17, 15) is 0 Å². The minimum Gasteiger partial charge on any atom is -0.497 e. The number of anilines is 1. The number of likely N-dealkylation sites (N-methyl/N-ethyl adjacent to an activating group) is 2. The summed E-state index contributed by atoms with van der Waals surface area (Å²) in [6.45, 7) is 2.76. The predicted octanol–water partition coefficient (Wildman–Crippen LogP) is 1.76. The normalized spacial score (nSPS) is 20.3. The van der Waals surface area contributed by atoms with Crippen molar-refractivity contribution in [1.29, 1.82) is 0 Å². The first-order valence-electron chi connectivity index (χ1n) is 6.84. The number of methoxy groups -OCH3 is 1. The Kier molecular flexibility index (Phi) is 5.05. The Labute approximate surface area is 115 Å². The number of benzene rings is 1. The van der Waals surface area contributed by atoms with Crippen LogP contribution in [-0.2, 0) is 4.74 Å². The lowest BCUT2D eigenvalue weighted by Crippen LogP contribution is -2.43. The zero-order valence-electron chi connectivity index (χ0n) is 12.1.